The lowest BCUT2D eigenvalue weighted by Gasteiger charge is -2.21. The molecule has 0 spiro atoms. The predicted octanol–water partition coefficient (Wildman–Crippen LogP) is 4.49. The molecule has 1 N–H and O–H groups in total. The van der Waals surface area contributed by atoms with Crippen molar-refractivity contribution in [3.05, 3.63) is 47.7 Å². The molecule has 5 nitrogen and oxygen atoms in total. The molecule has 0 bridgehead atoms. The molecule has 0 aliphatic carbocycles. The first kappa shape index (κ1) is 22.1. The van der Waals surface area contributed by atoms with Gasteiger partial charge in [0.05, 0.1) is 5.69 Å². The molecule has 0 saturated carbocycles. The van der Waals surface area contributed by atoms with Crippen LogP contribution in [-0.2, 0) is 6.54 Å². The van der Waals surface area contributed by atoms with E-state index < -0.39 is 0 Å². The van der Waals surface area contributed by atoms with E-state index in [1.54, 1.807) is 0 Å². The standard InChI is InChI=1S/C20H28N4OS.HI/c1-4-21-20(22-12-19-23-15(2)16(3)25-19)24-11-10-17(13-24)14-26-18-8-6-5-7-9-18;/h5-9,17H,4,10-14H2,1-3H3,(H,21,22);1H. The highest BCUT2D eigenvalue weighted by Crippen LogP contribution is 2.26. The van der Waals surface area contributed by atoms with Crippen molar-refractivity contribution < 1.29 is 4.42 Å². The molecule has 27 heavy (non-hydrogen) atoms. The number of benzene rings is 1. The van der Waals surface area contributed by atoms with Gasteiger partial charge in [0, 0.05) is 30.3 Å². The Morgan fingerprint density at radius 3 is 2.78 bits per heavy atom. The quantitative estimate of drug-likeness (QED) is 0.274. The Kier molecular flexibility index (Phi) is 8.95. The van der Waals surface area contributed by atoms with Crippen LogP contribution in [0, 0.1) is 19.8 Å². The number of nitrogens with one attached hydrogen (secondary N) is 1. The Hall–Kier alpha value is -1.22. The van der Waals surface area contributed by atoms with Crippen molar-refractivity contribution >= 4 is 41.7 Å². The molecule has 148 valence electrons. The lowest BCUT2D eigenvalue weighted by atomic mass is 10.2. The van der Waals surface area contributed by atoms with E-state index >= 15 is 0 Å². The summed E-state index contributed by atoms with van der Waals surface area (Å²) < 4.78 is 5.65. The summed E-state index contributed by atoms with van der Waals surface area (Å²) in [4.78, 5) is 12.9. The molecule has 1 aromatic heterocycles. The van der Waals surface area contributed by atoms with Gasteiger partial charge in [-0.1, -0.05) is 18.2 Å². The van der Waals surface area contributed by atoms with Crippen LogP contribution < -0.4 is 5.32 Å². The fourth-order valence-corrected chi connectivity index (χ4v) is 4.12. The first-order chi connectivity index (χ1) is 12.7. The molecular weight excluding hydrogens is 471 g/mol. The summed E-state index contributed by atoms with van der Waals surface area (Å²) in [6.45, 7) is 9.46. The van der Waals surface area contributed by atoms with Gasteiger partial charge in [0.1, 0.15) is 12.3 Å². The minimum atomic E-state index is 0. The van der Waals surface area contributed by atoms with Gasteiger partial charge in [0.2, 0.25) is 5.89 Å². The minimum absolute atomic E-state index is 0. The van der Waals surface area contributed by atoms with Gasteiger partial charge in [-0.05, 0) is 45.2 Å². The number of aromatic nitrogens is 1. The molecule has 1 saturated heterocycles. The average Bonchev–Trinajstić information content (AvgIpc) is 3.24. The zero-order valence-corrected chi connectivity index (χ0v) is 19.4. The highest BCUT2D eigenvalue weighted by Gasteiger charge is 2.25. The monoisotopic (exact) mass is 500 g/mol. The topological polar surface area (TPSA) is 53.7 Å². The number of likely N-dealkylation sites (tertiary alicyclic amines) is 1. The number of thioether (sulfide) groups is 1. The lowest BCUT2D eigenvalue weighted by molar-refractivity contribution is 0.457. The van der Waals surface area contributed by atoms with E-state index in [-0.39, 0.29) is 24.0 Å². The maximum Gasteiger partial charge on any atom is 0.216 e. The van der Waals surface area contributed by atoms with Crippen LogP contribution in [0.3, 0.4) is 0 Å². The number of hydrogen-bond donors (Lipinski definition) is 1. The highest BCUT2D eigenvalue weighted by atomic mass is 127. The van der Waals surface area contributed by atoms with Gasteiger partial charge in [-0.25, -0.2) is 9.98 Å². The number of hydrogen-bond acceptors (Lipinski definition) is 4. The van der Waals surface area contributed by atoms with Gasteiger partial charge in [-0.2, -0.15) is 0 Å². The van der Waals surface area contributed by atoms with Crippen LogP contribution in [0.5, 0.6) is 0 Å². The molecule has 1 aromatic carbocycles. The zero-order valence-electron chi connectivity index (χ0n) is 16.3. The van der Waals surface area contributed by atoms with Gasteiger partial charge in [0.25, 0.3) is 0 Å². The van der Waals surface area contributed by atoms with Crippen molar-refractivity contribution in [1.82, 2.24) is 15.2 Å². The Labute approximate surface area is 183 Å². The highest BCUT2D eigenvalue weighted by molar-refractivity contribution is 14.0. The van der Waals surface area contributed by atoms with Crippen LogP contribution in [0.15, 0.2) is 44.6 Å². The summed E-state index contributed by atoms with van der Waals surface area (Å²) >= 11 is 1.95. The van der Waals surface area contributed by atoms with E-state index in [0.717, 1.165) is 42.8 Å². The normalized spacial score (nSPS) is 17.1. The SMILES string of the molecule is CCNC(=NCc1nc(C)c(C)o1)N1CCC(CSc2ccccc2)C1.I. The molecule has 1 atom stereocenters. The number of nitrogens with zero attached hydrogens (tertiary/aromatic N) is 3. The maximum atomic E-state index is 5.65. The van der Waals surface area contributed by atoms with Crippen LogP contribution in [0.25, 0.3) is 0 Å². The molecule has 0 radical (unpaired) electrons. The number of oxazole rings is 1. The summed E-state index contributed by atoms with van der Waals surface area (Å²) in [5, 5.41) is 3.41. The summed E-state index contributed by atoms with van der Waals surface area (Å²) in [5.74, 6) is 4.37. The first-order valence-electron chi connectivity index (χ1n) is 9.29. The van der Waals surface area contributed by atoms with Crippen molar-refractivity contribution in [3.8, 4) is 0 Å². The number of aryl methyl sites for hydroxylation is 2. The molecule has 1 aliphatic heterocycles. The summed E-state index contributed by atoms with van der Waals surface area (Å²) in [6, 6.07) is 10.6. The summed E-state index contributed by atoms with van der Waals surface area (Å²) in [5.41, 5.74) is 0.944. The van der Waals surface area contributed by atoms with Crippen LogP contribution in [0.1, 0.15) is 30.7 Å². The Morgan fingerprint density at radius 1 is 1.33 bits per heavy atom. The van der Waals surface area contributed by atoms with Gasteiger partial charge in [-0.3, -0.25) is 0 Å². The lowest BCUT2D eigenvalue weighted by Crippen LogP contribution is -2.40. The molecule has 1 unspecified atom stereocenters. The predicted molar refractivity (Wildman–Crippen MR) is 123 cm³/mol. The molecule has 2 aromatic rings. The Bertz CT molecular complexity index is 715. The van der Waals surface area contributed by atoms with Gasteiger partial charge < -0.3 is 14.6 Å². The molecule has 2 heterocycles. The molecule has 1 fully saturated rings. The average molecular weight is 500 g/mol. The van der Waals surface area contributed by atoms with Crippen LogP contribution in [0.2, 0.25) is 0 Å². The van der Waals surface area contributed by atoms with Gasteiger partial charge >= 0.3 is 0 Å². The number of aliphatic imine (C=N–C) groups is 1. The number of halogens is 1. The second-order valence-corrected chi connectivity index (χ2v) is 7.74. The summed E-state index contributed by atoms with van der Waals surface area (Å²) in [7, 11) is 0. The van der Waals surface area contributed by atoms with Gasteiger partial charge in [-0.15, -0.1) is 35.7 Å². The van der Waals surface area contributed by atoms with E-state index in [1.807, 2.05) is 25.6 Å². The molecule has 1 aliphatic rings. The first-order valence-corrected chi connectivity index (χ1v) is 10.3. The maximum absolute atomic E-state index is 5.65. The Morgan fingerprint density at radius 2 is 2.11 bits per heavy atom. The van der Waals surface area contributed by atoms with Crippen molar-refractivity contribution in [2.24, 2.45) is 10.9 Å². The third-order valence-corrected chi connectivity index (χ3v) is 5.83. The number of rotatable bonds is 6. The van der Waals surface area contributed by atoms with Crippen molar-refractivity contribution in [2.75, 3.05) is 25.4 Å². The fraction of sp³-hybridized carbons (Fsp3) is 0.500. The molecular formula is C20H29IN4OS. The van der Waals surface area contributed by atoms with E-state index in [1.165, 1.54) is 11.3 Å². The summed E-state index contributed by atoms with van der Waals surface area (Å²) in [6.07, 6.45) is 1.21. The van der Waals surface area contributed by atoms with Crippen LogP contribution in [0.4, 0.5) is 0 Å². The van der Waals surface area contributed by atoms with E-state index in [9.17, 15) is 0 Å². The second kappa shape index (κ2) is 10.9. The third-order valence-electron chi connectivity index (χ3n) is 4.59. The van der Waals surface area contributed by atoms with Crippen LogP contribution >= 0.6 is 35.7 Å². The molecule has 7 heteroatoms. The van der Waals surface area contributed by atoms with Crippen LogP contribution in [-0.4, -0.2) is 41.2 Å². The van der Waals surface area contributed by atoms with E-state index in [4.69, 9.17) is 9.41 Å². The smallest absolute Gasteiger partial charge is 0.216 e. The fourth-order valence-electron chi connectivity index (χ4n) is 3.07. The van der Waals surface area contributed by atoms with E-state index in [0.29, 0.717) is 18.4 Å². The molecule has 0 amide bonds. The van der Waals surface area contributed by atoms with Crippen molar-refractivity contribution in [1.29, 1.82) is 0 Å². The third kappa shape index (κ3) is 6.41. The van der Waals surface area contributed by atoms with Crippen molar-refractivity contribution in [3.63, 3.8) is 0 Å². The van der Waals surface area contributed by atoms with Gasteiger partial charge in [0.15, 0.2) is 5.96 Å². The molecule has 3 rings (SSSR count). The van der Waals surface area contributed by atoms with E-state index in [2.05, 4.69) is 52.5 Å². The van der Waals surface area contributed by atoms with Crippen molar-refractivity contribution in [2.45, 2.75) is 38.6 Å². The number of guanidine groups is 1. The minimum Gasteiger partial charge on any atom is -0.444 e. The second-order valence-electron chi connectivity index (χ2n) is 6.64. The largest absolute Gasteiger partial charge is 0.444 e. The Balaban J connectivity index is 0.00000261. The zero-order chi connectivity index (χ0) is 18.4.